The summed E-state index contributed by atoms with van der Waals surface area (Å²) in [6.07, 6.45) is 3.58. The van der Waals surface area contributed by atoms with Crippen molar-refractivity contribution in [3.05, 3.63) is 0 Å². The van der Waals surface area contributed by atoms with Gasteiger partial charge in [-0.2, -0.15) is 0 Å². The Kier molecular flexibility index (Phi) is 6.09. The van der Waals surface area contributed by atoms with Gasteiger partial charge in [-0.05, 0) is 19.3 Å². The highest BCUT2D eigenvalue weighted by molar-refractivity contribution is 6.17. The monoisotopic (exact) mass is 249 g/mol. The van der Waals surface area contributed by atoms with Crippen LogP contribution in [0.15, 0.2) is 0 Å². The number of nitrogens with one attached hydrogen (secondary N) is 1. The number of methoxy groups -OCH3 is 1. The van der Waals surface area contributed by atoms with Gasteiger partial charge in [0.05, 0.1) is 25.2 Å². The van der Waals surface area contributed by atoms with Crippen molar-refractivity contribution in [2.24, 2.45) is 0 Å². The molecule has 1 rings (SSSR count). The highest BCUT2D eigenvalue weighted by Crippen LogP contribution is 2.37. The van der Waals surface area contributed by atoms with Crippen molar-refractivity contribution in [1.29, 1.82) is 0 Å². The number of halogens is 1. The predicted octanol–water partition coefficient (Wildman–Crippen LogP) is 1.32. The van der Waals surface area contributed by atoms with Gasteiger partial charge in [-0.15, -0.1) is 11.6 Å². The van der Waals surface area contributed by atoms with Gasteiger partial charge in [0.2, 0.25) is 5.91 Å². The molecule has 5 heteroatoms. The van der Waals surface area contributed by atoms with E-state index in [1.165, 1.54) is 0 Å². The second kappa shape index (κ2) is 7.09. The summed E-state index contributed by atoms with van der Waals surface area (Å²) in [5.74, 6) is 0.525. The van der Waals surface area contributed by atoms with Crippen LogP contribution < -0.4 is 5.32 Å². The maximum Gasteiger partial charge on any atom is 0.222 e. The fourth-order valence-electron chi connectivity index (χ4n) is 1.80. The van der Waals surface area contributed by atoms with Gasteiger partial charge in [-0.1, -0.05) is 0 Å². The van der Waals surface area contributed by atoms with Crippen LogP contribution in [0.5, 0.6) is 0 Å². The highest BCUT2D eigenvalue weighted by Gasteiger charge is 2.38. The second-order valence-electron chi connectivity index (χ2n) is 4.07. The molecule has 1 N–H and O–H groups in total. The predicted molar refractivity (Wildman–Crippen MR) is 62.8 cm³/mol. The standard InChI is InChI=1S/C11H20ClNO3/c1-15-11(3-2-4-11)9-10(14)13-6-8-16-7-5-12/h2-9H2,1H3,(H,13,14). The molecule has 0 aromatic carbocycles. The van der Waals surface area contributed by atoms with E-state index in [-0.39, 0.29) is 11.5 Å². The Balaban J connectivity index is 2.06. The van der Waals surface area contributed by atoms with Crippen molar-refractivity contribution < 1.29 is 14.3 Å². The Morgan fingerprint density at radius 1 is 1.44 bits per heavy atom. The van der Waals surface area contributed by atoms with Gasteiger partial charge in [0.1, 0.15) is 0 Å². The zero-order chi connectivity index (χ0) is 11.9. The van der Waals surface area contributed by atoms with Crippen LogP contribution in [0.25, 0.3) is 0 Å². The van der Waals surface area contributed by atoms with E-state index >= 15 is 0 Å². The minimum atomic E-state index is -0.193. The first-order chi connectivity index (χ1) is 7.72. The topological polar surface area (TPSA) is 47.6 Å². The van der Waals surface area contributed by atoms with E-state index in [2.05, 4.69) is 5.32 Å². The van der Waals surface area contributed by atoms with Crippen LogP contribution in [-0.2, 0) is 14.3 Å². The van der Waals surface area contributed by atoms with Crippen LogP contribution in [0.3, 0.4) is 0 Å². The van der Waals surface area contributed by atoms with Gasteiger partial charge in [0.15, 0.2) is 0 Å². The third kappa shape index (κ3) is 4.28. The van der Waals surface area contributed by atoms with E-state index < -0.39 is 0 Å². The molecule has 0 aromatic rings. The molecule has 0 saturated heterocycles. The van der Waals surface area contributed by atoms with Crippen LogP contribution in [-0.4, -0.2) is 44.3 Å². The van der Waals surface area contributed by atoms with E-state index in [0.717, 1.165) is 19.3 Å². The molecular weight excluding hydrogens is 230 g/mol. The molecule has 1 amide bonds. The summed E-state index contributed by atoms with van der Waals surface area (Å²) in [5, 5.41) is 2.81. The van der Waals surface area contributed by atoms with Gasteiger partial charge < -0.3 is 14.8 Å². The third-order valence-corrected chi connectivity index (χ3v) is 3.12. The molecule has 1 aliphatic carbocycles. The molecule has 0 spiro atoms. The third-order valence-electron chi connectivity index (χ3n) is 2.97. The maximum atomic E-state index is 11.6. The van der Waals surface area contributed by atoms with Gasteiger partial charge in [-0.25, -0.2) is 0 Å². The number of alkyl halides is 1. The molecule has 0 radical (unpaired) electrons. The molecule has 16 heavy (non-hydrogen) atoms. The Bertz CT molecular complexity index is 214. The fourth-order valence-corrected chi connectivity index (χ4v) is 1.91. The smallest absolute Gasteiger partial charge is 0.222 e. The number of hydrogen-bond acceptors (Lipinski definition) is 3. The molecule has 94 valence electrons. The molecule has 1 fully saturated rings. The van der Waals surface area contributed by atoms with Crippen LogP contribution in [0.4, 0.5) is 0 Å². The summed E-state index contributed by atoms with van der Waals surface area (Å²) in [6, 6.07) is 0. The lowest BCUT2D eigenvalue weighted by molar-refractivity contribution is -0.134. The van der Waals surface area contributed by atoms with Crippen molar-refractivity contribution in [3.63, 3.8) is 0 Å². The molecule has 1 aliphatic rings. The zero-order valence-corrected chi connectivity index (χ0v) is 10.5. The summed E-state index contributed by atoms with van der Waals surface area (Å²) in [4.78, 5) is 11.6. The van der Waals surface area contributed by atoms with Crippen molar-refractivity contribution >= 4 is 17.5 Å². The van der Waals surface area contributed by atoms with E-state index in [1.807, 2.05) is 0 Å². The lowest BCUT2D eigenvalue weighted by Gasteiger charge is -2.39. The summed E-state index contributed by atoms with van der Waals surface area (Å²) in [7, 11) is 1.68. The van der Waals surface area contributed by atoms with E-state index in [1.54, 1.807) is 7.11 Å². The maximum absolute atomic E-state index is 11.6. The molecule has 0 heterocycles. The Morgan fingerprint density at radius 2 is 2.19 bits per heavy atom. The van der Waals surface area contributed by atoms with Crippen molar-refractivity contribution in [2.45, 2.75) is 31.3 Å². The Hall–Kier alpha value is -0.320. The van der Waals surface area contributed by atoms with E-state index in [4.69, 9.17) is 21.1 Å². The zero-order valence-electron chi connectivity index (χ0n) is 9.76. The minimum absolute atomic E-state index is 0.0380. The number of carbonyl (C=O) groups is 1. The summed E-state index contributed by atoms with van der Waals surface area (Å²) >= 11 is 5.45. The SMILES string of the molecule is COC1(CC(=O)NCCOCCCl)CCC1. The molecule has 4 nitrogen and oxygen atoms in total. The first-order valence-corrected chi connectivity index (χ1v) is 6.21. The molecule has 1 saturated carbocycles. The molecule has 0 aliphatic heterocycles. The van der Waals surface area contributed by atoms with Crippen molar-refractivity contribution in [1.82, 2.24) is 5.32 Å². The normalized spacial score (nSPS) is 17.9. The van der Waals surface area contributed by atoms with Gasteiger partial charge >= 0.3 is 0 Å². The number of carbonyl (C=O) groups excluding carboxylic acids is 1. The largest absolute Gasteiger partial charge is 0.378 e. The van der Waals surface area contributed by atoms with Crippen LogP contribution in [0.2, 0.25) is 0 Å². The summed E-state index contributed by atoms with van der Waals surface area (Å²) < 4.78 is 10.5. The average molecular weight is 250 g/mol. The van der Waals surface area contributed by atoms with Gasteiger partial charge in [-0.3, -0.25) is 4.79 Å². The number of amides is 1. The van der Waals surface area contributed by atoms with Gasteiger partial charge in [0.25, 0.3) is 0 Å². The highest BCUT2D eigenvalue weighted by atomic mass is 35.5. The molecule has 0 unspecified atom stereocenters. The van der Waals surface area contributed by atoms with Crippen LogP contribution in [0.1, 0.15) is 25.7 Å². The molecule has 0 aromatic heterocycles. The lowest BCUT2D eigenvalue weighted by Crippen LogP contribution is -2.44. The number of ether oxygens (including phenoxy) is 2. The molecule has 0 bridgehead atoms. The minimum Gasteiger partial charge on any atom is -0.378 e. The Morgan fingerprint density at radius 3 is 2.69 bits per heavy atom. The molecule has 0 atom stereocenters. The Labute approximate surface area is 102 Å². The summed E-state index contributed by atoms with van der Waals surface area (Å²) in [6.45, 7) is 1.58. The first-order valence-electron chi connectivity index (χ1n) is 5.68. The second-order valence-corrected chi connectivity index (χ2v) is 4.45. The van der Waals surface area contributed by atoms with E-state index in [0.29, 0.717) is 32.1 Å². The first kappa shape index (κ1) is 13.7. The summed E-state index contributed by atoms with van der Waals surface area (Å²) in [5.41, 5.74) is -0.193. The number of hydrogen-bond donors (Lipinski definition) is 1. The van der Waals surface area contributed by atoms with E-state index in [9.17, 15) is 4.79 Å². The van der Waals surface area contributed by atoms with Crippen molar-refractivity contribution in [3.8, 4) is 0 Å². The lowest BCUT2D eigenvalue weighted by atomic mass is 9.77. The van der Waals surface area contributed by atoms with Crippen LogP contribution in [0, 0.1) is 0 Å². The van der Waals surface area contributed by atoms with Crippen molar-refractivity contribution in [2.75, 3.05) is 32.7 Å². The van der Waals surface area contributed by atoms with Crippen LogP contribution >= 0.6 is 11.6 Å². The van der Waals surface area contributed by atoms with Gasteiger partial charge in [0, 0.05) is 19.5 Å². The average Bonchev–Trinajstić information content (AvgIpc) is 2.23. The molecular formula is C11H20ClNO3. The quantitative estimate of drug-likeness (QED) is 0.521. The fraction of sp³-hybridized carbons (Fsp3) is 0.909. The number of rotatable bonds is 8.